The summed E-state index contributed by atoms with van der Waals surface area (Å²) in [5.74, 6) is -0.494. The molecule has 0 aliphatic carbocycles. The molecule has 1 aliphatic heterocycles. The van der Waals surface area contributed by atoms with Gasteiger partial charge in [-0.05, 0) is 37.7 Å². The normalized spacial score (nSPS) is 15.8. The smallest absolute Gasteiger partial charge is 0.330 e. The standard InChI is InChI=1S/C21H16F3N7OS/c1-20(2)18(32)31(14-7-15(21(22,23)24)16(8-25)26-9-14)19(33)30(20)11-12-3-5-13(6-4-12)17-10-27-29-28-17/h3-7,9-10H,11H2,1-2H3,(H,27,28,29). The zero-order valence-electron chi connectivity index (χ0n) is 17.4. The Hall–Kier alpha value is -3.85. The largest absolute Gasteiger partial charge is 0.419 e. The Kier molecular flexibility index (Phi) is 5.37. The summed E-state index contributed by atoms with van der Waals surface area (Å²) in [6, 6.07) is 9.54. The number of H-pyrrole nitrogens is 1. The van der Waals surface area contributed by atoms with Crippen LogP contribution in [0.25, 0.3) is 11.3 Å². The molecule has 1 fully saturated rings. The number of amides is 1. The lowest BCUT2D eigenvalue weighted by Gasteiger charge is -2.29. The van der Waals surface area contributed by atoms with Crippen molar-refractivity contribution in [1.82, 2.24) is 25.3 Å². The molecule has 1 amide bonds. The summed E-state index contributed by atoms with van der Waals surface area (Å²) in [7, 11) is 0. The van der Waals surface area contributed by atoms with E-state index >= 15 is 0 Å². The number of alkyl halides is 3. The molecule has 33 heavy (non-hydrogen) atoms. The van der Waals surface area contributed by atoms with Crippen molar-refractivity contribution in [3.8, 4) is 17.3 Å². The molecule has 0 radical (unpaired) electrons. The van der Waals surface area contributed by atoms with Gasteiger partial charge >= 0.3 is 6.18 Å². The van der Waals surface area contributed by atoms with E-state index in [4.69, 9.17) is 17.5 Å². The van der Waals surface area contributed by atoms with Crippen LogP contribution in [0.3, 0.4) is 0 Å². The number of benzene rings is 1. The van der Waals surface area contributed by atoms with Gasteiger partial charge in [0.1, 0.15) is 17.3 Å². The fraction of sp³-hybridized carbons (Fsp3) is 0.238. The van der Waals surface area contributed by atoms with Crippen molar-refractivity contribution >= 4 is 28.9 Å². The number of hydrogen-bond acceptors (Lipinski definition) is 6. The number of rotatable bonds is 4. The van der Waals surface area contributed by atoms with Crippen LogP contribution >= 0.6 is 12.2 Å². The number of carbonyl (C=O) groups excluding carboxylic acids is 1. The molecule has 0 atom stereocenters. The maximum atomic E-state index is 13.4. The van der Waals surface area contributed by atoms with E-state index in [1.807, 2.05) is 24.3 Å². The van der Waals surface area contributed by atoms with Crippen molar-refractivity contribution in [1.29, 1.82) is 5.26 Å². The summed E-state index contributed by atoms with van der Waals surface area (Å²) in [6.07, 6.45) is -2.10. The summed E-state index contributed by atoms with van der Waals surface area (Å²) in [4.78, 5) is 19.4. The third-order valence-corrected chi connectivity index (χ3v) is 5.78. The number of nitrogens with zero attached hydrogens (tertiary/aromatic N) is 6. The SMILES string of the molecule is CC1(C)C(=O)N(c2cnc(C#N)c(C(F)(F)F)c2)C(=S)N1Cc1ccc(-c2c[nH]nn2)cc1. The molecule has 1 aliphatic rings. The molecule has 3 heterocycles. The predicted octanol–water partition coefficient (Wildman–Crippen LogP) is 3.67. The quantitative estimate of drug-likeness (QED) is 0.580. The Labute approximate surface area is 191 Å². The van der Waals surface area contributed by atoms with Gasteiger partial charge in [0.05, 0.1) is 17.4 Å². The molecule has 3 aromatic rings. The van der Waals surface area contributed by atoms with Crippen LogP contribution in [0.2, 0.25) is 0 Å². The van der Waals surface area contributed by atoms with Gasteiger partial charge in [-0.3, -0.25) is 14.8 Å². The van der Waals surface area contributed by atoms with Crippen LogP contribution in [0.15, 0.2) is 42.7 Å². The highest BCUT2D eigenvalue weighted by molar-refractivity contribution is 7.80. The second kappa shape index (κ2) is 7.93. The van der Waals surface area contributed by atoms with Crippen molar-refractivity contribution in [3.05, 3.63) is 59.5 Å². The van der Waals surface area contributed by atoms with Crippen LogP contribution < -0.4 is 4.90 Å². The average Bonchev–Trinajstić information content (AvgIpc) is 3.36. The first kappa shape index (κ1) is 22.3. The number of anilines is 1. The molecule has 2 aromatic heterocycles. The molecule has 0 bridgehead atoms. The van der Waals surface area contributed by atoms with Crippen molar-refractivity contribution in [2.24, 2.45) is 0 Å². The summed E-state index contributed by atoms with van der Waals surface area (Å²) < 4.78 is 40.2. The van der Waals surface area contributed by atoms with Gasteiger partial charge in [0.15, 0.2) is 10.8 Å². The third kappa shape index (κ3) is 3.91. The summed E-state index contributed by atoms with van der Waals surface area (Å²) in [5.41, 5.74) is -0.904. The highest BCUT2D eigenvalue weighted by atomic mass is 32.1. The fourth-order valence-electron chi connectivity index (χ4n) is 3.52. The number of halogens is 3. The minimum absolute atomic E-state index is 0.0465. The molecular formula is C21H16F3N7OS. The number of hydrogen-bond donors (Lipinski definition) is 1. The van der Waals surface area contributed by atoms with E-state index in [2.05, 4.69) is 20.4 Å². The van der Waals surface area contributed by atoms with E-state index < -0.39 is 28.9 Å². The van der Waals surface area contributed by atoms with Gasteiger partial charge in [0.2, 0.25) is 0 Å². The number of aromatic nitrogens is 4. The highest BCUT2D eigenvalue weighted by Gasteiger charge is 2.50. The molecule has 1 N–H and O–H groups in total. The Morgan fingerprint density at radius 3 is 2.52 bits per heavy atom. The highest BCUT2D eigenvalue weighted by Crippen LogP contribution is 2.37. The Morgan fingerprint density at radius 2 is 1.94 bits per heavy atom. The first-order valence-electron chi connectivity index (χ1n) is 9.63. The lowest BCUT2D eigenvalue weighted by molar-refractivity contribution is -0.138. The minimum atomic E-state index is -4.81. The first-order chi connectivity index (χ1) is 15.5. The van der Waals surface area contributed by atoms with Crippen LogP contribution in [-0.4, -0.2) is 41.9 Å². The second-order valence-electron chi connectivity index (χ2n) is 7.82. The van der Waals surface area contributed by atoms with Crippen LogP contribution in [0.5, 0.6) is 0 Å². The van der Waals surface area contributed by atoms with Gasteiger partial charge in [-0.2, -0.15) is 18.4 Å². The number of thiocarbonyl (C=S) groups is 1. The molecule has 1 saturated heterocycles. The third-order valence-electron chi connectivity index (χ3n) is 5.37. The molecule has 8 nitrogen and oxygen atoms in total. The molecule has 0 spiro atoms. The molecule has 0 unspecified atom stereocenters. The average molecular weight is 471 g/mol. The second-order valence-corrected chi connectivity index (χ2v) is 8.19. The number of carbonyl (C=O) groups is 1. The fourth-order valence-corrected chi connectivity index (χ4v) is 4.00. The summed E-state index contributed by atoms with van der Waals surface area (Å²) in [5, 5.41) is 19.3. The summed E-state index contributed by atoms with van der Waals surface area (Å²) >= 11 is 5.49. The molecule has 0 saturated carbocycles. The van der Waals surface area contributed by atoms with Crippen molar-refractivity contribution in [2.45, 2.75) is 32.1 Å². The molecule has 4 rings (SSSR count). The molecule has 168 valence electrons. The van der Waals surface area contributed by atoms with E-state index in [9.17, 15) is 18.0 Å². The topological polar surface area (TPSA) is 102 Å². The molecule has 12 heteroatoms. The van der Waals surface area contributed by atoms with E-state index in [0.717, 1.165) is 28.3 Å². The van der Waals surface area contributed by atoms with E-state index in [1.54, 1.807) is 24.9 Å². The molecular weight excluding hydrogens is 455 g/mol. The maximum absolute atomic E-state index is 13.4. The number of aromatic amines is 1. The zero-order valence-corrected chi connectivity index (χ0v) is 18.2. The van der Waals surface area contributed by atoms with Crippen molar-refractivity contribution in [3.63, 3.8) is 0 Å². The van der Waals surface area contributed by atoms with E-state index in [0.29, 0.717) is 5.69 Å². The van der Waals surface area contributed by atoms with Crippen molar-refractivity contribution in [2.75, 3.05) is 4.90 Å². The summed E-state index contributed by atoms with van der Waals surface area (Å²) in [6.45, 7) is 3.54. The van der Waals surface area contributed by atoms with Crippen molar-refractivity contribution < 1.29 is 18.0 Å². The maximum Gasteiger partial charge on any atom is 0.419 e. The van der Waals surface area contributed by atoms with Gasteiger partial charge in [0.25, 0.3) is 5.91 Å². The van der Waals surface area contributed by atoms with Crippen LogP contribution in [0.1, 0.15) is 30.7 Å². The van der Waals surface area contributed by atoms with Crippen LogP contribution in [0, 0.1) is 11.3 Å². The van der Waals surface area contributed by atoms with Gasteiger partial charge in [0, 0.05) is 18.3 Å². The van der Waals surface area contributed by atoms with Gasteiger partial charge in [-0.25, -0.2) is 4.98 Å². The Balaban J connectivity index is 1.64. The van der Waals surface area contributed by atoms with Gasteiger partial charge in [-0.1, -0.05) is 29.5 Å². The van der Waals surface area contributed by atoms with Crippen LogP contribution in [0.4, 0.5) is 18.9 Å². The molecule has 1 aromatic carbocycles. The number of nitriles is 1. The Bertz CT molecular complexity index is 1260. The van der Waals surface area contributed by atoms with Gasteiger partial charge < -0.3 is 4.90 Å². The van der Waals surface area contributed by atoms with E-state index in [-0.39, 0.29) is 17.3 Å². The number of pyridine rings is 1. The first-order valence-corrected chi connectivity index (χ1v) is 10.0. The van der Waals surface area contributed by atoms with E-state index in [1.165, 1.54) is 6.07 Å². The predicted molar refractivity (Wildman–Crippen MR) is 115 cm³/mol. The van der Waals surface area contributed by atoms with Crippen LogP contribution in [-0.2, 0) is 17.5 Å². The minimum Gasteiger partial charge on any atom is -0.330 e. The monoisotopic (exact) mass is 471 g/mol. The van der Waals surface area contributed by atoms with Gasteiger partial charge in [-0.15, -0.1) is 5.10 Å². The number of nitrogens with one attached hydrogen (secondary N) is 1. The zero-order chi connectivity index (χ0) is 24.0. The lowest BCUT2D eigenvalue weighted by atomic mass is 10.0. The lowest BCUT2D eigenvalue weighted by Crippen LogP contribution is -2.43. The Morgan fingerprint density at radius 1 is 1.24 bits per heavy atom.